The van der Waals surface area contributed by atoms with E-state index in [4.69, 9.17) is 14.2 Å². The summed E-state index contributed by atoms with van der Waals surface area (Å²) in [6, 6.07) is 9.14. The van der Waals surface area contributed by atoms with Crippen molar-refractivity contribution in [3.63, 3.8) is 0 Å². The average Bonchev–Trinajstić information content (AvgIpc) is 3.05. The first kappa shape index (κ1) is 42.3. The SMILES string of the molecule is COc1ccc(-c2cc(C(C)(C)C)c(F)cc2OC)c(CN(Cc2cc(C(F)(F)F)cc(C(F)(F)F)c2)c2ncc(OCCCC(=O)[O-])cn2)c1.[Na+]. The molecule has 0 unspecified atom stereocenters. The number of nitrogens with zero attached hydrogens (tertiary/aromatic N) is 3. The number of aromatic nitrogens is 2. The molecular weight excluding hydrogens is 710 g/mol. The van der Waals surface area contributed by atoms with Crippen LogP contribution in [0.4, 0.5) is 36.7 Å². The number of carboxylic acids is 1. The number of alkyl halides is 6. The first-order valence-electron chi connectivity index (χ1n) is 15.5. The van der Waals surface area contributed by atoms with E-state index in [1.807, 2.05) is 20.8 Å². The van der Waals surface area contributed by atoms with Crippen molar-refractivity contribution < 1.29 is 84.4 Å². The second kappa shape index (κ2) is 17.2. The van der Waals surface area contributed by atoms with Crippen molar-refractivity contribution in [1.82, 2.24) is 9.97 Å². The Kier molecular flexibility index (Phi) is 14.0. The van der Waals surface area contributed by atoms with Crippen molar-refractivity contribution >= 4 is 11.9 Å². The predicted molar refractivity (Wildman–Crippen MR) is 172 cm³/mol. The topological polar surface area (TPSA) is 96.8 Å². The second-order valence-electron chi connectivity index (χ2n) is 12.6. The Labute approximate surface area is 318 Å². The van der Waals surface area contributed by atoms with Gasteiger partial charge in [-0.1, -0.05) is 26.8 Å². The van der Waals surface area contributed by atoms with E-state index < -0.39 is 47.2 Å². The first-order valence-corrected chi connectivity index (χ1v) is 15.5. The van der Waals surface area contributed by atoms with Crippen LogP contribution >= 0.6 is 0 Å². The minimum absolute atomic E-state index is 0. The molecule has 0 aliphatic rings. The monoisotopic (exact) mass is 745 g/mol. The Hall–Kier alpha value is -4.08. The molecule has 274 valence electrons. The summed E-state index contributed by atoms with van der Waals surface area (Å²) in [7, 11) is 2.79. The number of halogens is 7. The van der Waals surface area contributed by atoms with Crippen LogP contribution in [0.3, 0.4) is 0 Å². The third-order valence-electron chi connectivity index (χ3n) is 7.77. The maximum Gasteiger partial charge on any atom is 1.00 e. The standard InChI is InChI=1S/C36H36F7N3O5.Na/c1-34(2,3)29-15-28(31(50-5)16-30(29)37)27-9-8-25(49-4)13-22(27)20-46(33-44-17-26(18-45-33)51-10-6-7-32(47)48)19-21-11-23(35(38,39)40)14-24(12-21)36(41,42)43;/h8-9,11-18H,6-7,10,19-20H2,1-5H3,(H,47,48);/q;+1/p-1. The molecule has 0 bridgehead atoms. The van der Waals surface area contributed by atoms with E-state index in [-0.39, 0.29) is 84.6 Å². The Balaban J connectivity index is 0.00000729. The average molecular weight is 746 g/mol. The summed E-state index contributed by atoms with van der Waals surface area (Å²) in [4.78, 5) is 20.6. The van der Waals surface area contributed by atoms with E-state index in [2.05, 4.69) is 9.97 Å². The summed E-state index contributed by atoms with van der Waals surface area (Å²) in [6.07, 6.45) is -7.77. The molecule has 0 saturated carbocycles. The van der Waals surface area contributed by atoms with Gasteiger partial charge in [0.2, 0.25) is 5.95 Å². The fourth-order valence-corrected chi connectivity index (χ4v) is 5.29. The fraction of sp³-hybridized carbons (Fsp3) is 0.361. The van der Waals surface area contributed by atoms with E-state index in [1.54, 1.807) is 24.3 Å². The smallest absolute Gasteiger partial charge is 0.550 e. The molecule has 3 aromatic carbocycles. The van der Waals surface area contributed by atoms with Gasteiger partial charge in [-0.15, -0.1) is 0 Å². The quantitative estimate of drug-likeness (QED) is 0.110. The van der Waals surface area contributed by atoms with E-state index >= 15 is 4.39 Å². The van der Waals surface area contributed by atoms with Gasteiger partial charge in [0.15, 0.2) is 5.75 Å². The molecule has 1 aromatic heterocycles. The van der Waals surface area contributed by atoms with Crippen LogP contribution in [-0.4, -0.2) is 36.8 Å². The van der Waals surface area contributed by atoms with Crippen LogP contribution in [0.2, 0.25) is 0 Å². The van der Waals surface area contributed by atoms with E-state index in [0.29, 0.717) is 40.1 Å². The van der Waals surface area contributed by atoms with Gasteiger partial charge >= 0.3 is 41.9 Å². The molecule has 0 N–H and O–H groups in total. The van der Waals surface area contributed by atoms with Gasteiger partial charge < -0.3 is 29.0 Å². The zero-order chi connectivity index (χ0) is 37.7. The summed E-state index contributed by atoms with van der Waals surface area (Å²) in [6.45, 7) is 4.79. The normalized spacial score (nSPS) is 11.8. The van der Waals surface area contributed by atoms with Gasteiger partial charge in [-0.3, -0.25) is 0 Å². The maximum atomic E-state index is 15.2. The van der Waals surface area contributed by atoms with Crippen LogP contribution < -0.4 is 53.8 Å². The summed E-state index contributed by atoms with van der Waals surface area (Å²) >= 11 is 0. The Morgan fingerprint density at radius 1 is 0.808 bits per heavy atom. The van der Waals surface area contributed by atoms with Crippen LogP contribution in [-0.2, 0) is 35.7 Å². The van der Waals surface area contributed by atoms with Gasteiger partial charge in [0, 0.05) is 30.7 Å². The minimum atomic E-state index is -5.07. The third kappa shape index (κ3) is 11.0. The summed E-state index contributed by atoms with van der Waals surface area (Å²) < 4.78 is 114. The van der Waals surface area contributed by atoms with Gasteiger partial charge in [0.25, 0.3) is 0 Å². The van der Waals surface area contributed by atoms with Crippen molar-refractivity contribution in [2.75, 3.05) is 25.7 Å². The van der Waals surface area contributed by atoms with Crippen LogP contribution in [0, 0.1) is 5.82 Å². The number of rotatable bonds is 13. The number of benzene rings is 3. The molecule has 0 fully saturated rings. The third-order valence-corrected chi connectivity index (χ3v) is 7.77. The Morgan fingerprint density at radius 3 is 1.94 bits per heavy atom. The van der Waals surface area contributed by atoms with Gasteiger partial charge in [0.1, 0.15) is 17.3 Å². The van der Waals surface area contributed by atoms with E-state index in [1.165, 1.54) is 37.6 Å². The number of aliphatic carboxylic acids is 1. The Bertz CT molecular complexity index is 1810. The van der Waals surface area contributed by atoms with E-state index in [0.717, 1.165) is 0 Å². The number of anilines is 1. The zero-order valence-corrected chi connectivity index (χ0v) is 31.3. The van der Waals surface area contributed by atoms with E-state index in [9.17, 15) is 36.2 Å². The predicted octanol–water partition coefficient (Wildman–Crippen LogP) is 4.75. The number of methoxy groups -OCH3 is 2. The van der Waals surface area contributed by atoms with Crippen LogP contribution in [0.1, 0.15) is 61.4 Å². The van der Waals surface area contributed by atoms with Crippen LogP contribution in [0.15, 0.2) is 60.9 Å². The molecule has 16 heteroatoms. The van der Waals surface area contributed by atoms with Crippen LogP contribution in [0.25, 0.3) is 11.1 Å². The molecule has 52 heavy (non-hydrogen) atoms. The summed E-state index contributed by atoms with van der Waals surface area (Å²) in [5.41, 5.74) is -2.10. The molecule has 0 saturated heterocycles. The van der Waals surface area contributed by atoms with Gasteiger partial charge in [-0.2, -0.15) is 26.3 Å². The molecule has 0 radical (unpaired) electrons. The number of hydrogen-bond acceptors (Lipinski definition) is 8. The first-order chi connectivity index (χ1) is 23.8. The van der Waals surface area contributed by atoms with Crippen molar-refractivity contribution in [2.45, 2.75) is 64.5 Å². The van der Waals surface area contributed by atoms with Gasteiger partial charge in [-0.25, -0.2) is 14.4 Å². The number of hydrogen-bond donors (Lipinski definition) is 0. The maximum absolute atomic E-state index is 15.2. The Morgan fingerprint density at radius 2 is 1.42 bits per heavy atom. The molecule has 0 atom stereocenters. The molecule has 0 spiro atoms. The number of carboxylic acid groups (broad SMARTS) is 1. The molecular formula is C36H35F7N3NaO5. The minimum Gasteiger partial charge on any atom is -0.550 e. The molecule has 1 heterocycles. The largest absolute Gasteiger partial charge is 1.00 e. The molecule has 8 nitrogen and oxygen atoms in total. The summed E-state index contributed by atoms with van der Waals surface area (Å²) in [5, 5.41) is 10.7. The van der Waals surface area contributed by atoms with Crippen LogP contribution in [0.5, 0.6) is 17.2 Å². The molecule has 0 amide bonds. The fourth-order valence-electron chi connectivity index (χ4n) is 5.29. The number of carbonyl (C=O) groups excluding carboxylic acids is 1. The second-order valence-corrected chi connectivity index (χ2v) is 12.6. The summed E-state index contributed by atoms with van der Waals surface area (Å²) in [5.74, 6) is -1.14. The molecule has 0 aliphatic heterocycles. The van der Waals surface area contributed by atoms with Crippen molar-refractivity contribution in [2.24, 2.45) is 0 Å². The van der Waals surface area contributed by atoms with Crippen molar-refractivity contribution in [3.8, 4) is 28.4 Å². The molecule has 4 aromatic rings. The number of ether oxygens (including phenoxy) is 3. The van der Waals surface area contributed by atoms with Gasteiger partial charge in [-0.05, 0) is 76.9 Å². The van der Waals surface area contributed by atoms with Crippen molar-refractivity contribution in [3.05, 3.63) is 94.6 Å². The number of carbonyl (C=O) groups is 1. The van der Waals surface area contributed by atoms with Gasteiger partial charge in [0.05, 0.1) is 44.3 Å². The molecule has 0 aliphatic carbocycles. The van der Waals surface area contributed by atoms with Crippen molar-refractivity contribution in [1.29, 1.82) is 0 Å². The molecule has 4 rings (SSSR count). The zero-order valence-electron chi connectivity index (χ0n) is 29.3.